The molecule has 1 atom stereocenters. The van der Waals surface area contributed by atoms with Gasteiger partial charge in [-0.05, 0) is 24.5 Å². The number of hydrogen-bond acceptors (Lipinski definition) is 4. The summed E-state index contributed by atoms with van der Waals surface area (Å²) in [5.74, 6) is 0. The summed E-state index contributed by atoms with van der Waals surface area (Å²) in [6.07, 6.45) is 3.67. The molecule has 2 heterocycles. The van der Waals surface area contributed by atoms with Crippen molar-refractivity contribution in [3.05, 3.63) is 20.8 Å². The Balaban J connectivity index is 1.61. The molecule has 1 aliphatic heterocycles. The molecular weight excluding hydrogens is 270 g/mol. The lowest BCUT2D eigenvalue weighted by molar-refractivity contribution is -0.0628. The van der Waals surface area contributed by atoms with E-state index in [1.54, 1.807) is 11.3 Å². The van der Waals surface area contributed by atoms with Gasteiger partial charge >= 0.3 is 0 Å². The highest BCUT2D eigenvalue weighted by atomic mass is 35.5. The summed E-state index contributed by atoms with van der Waals surface area (Å²) < 4.78 is 6.16. The van der Waals surface area contributed by atoms with Crippen molar-refractivity contribution in [2.24, 2.45) is 0 Å². The number of fused-ring (bicyclic) bond motifs is 1. The van der Waals surface area contributed by atoms with Gasteiger partial charge in [0.2, 0.25) is 0 Å². The Morgan fingerprint density at radius 3 is 3.06 bits per heavy atom. The van der Waals surface area contributed by atoms with E-state index in [1.807, 2.05) is 0 Å². The van der Waals surface area contributed by atoms with Crippen LogP contribution in [0.25, 0.3) is 0 Å². The van der Waals surface area contributed by atoms with Gasteiger partial charge in [0.15, 0.2) is 0 Å². The Morgan fingerprint density at radius 1 is 1.50 bits per heavy atom. The molecule has 0 radical (unpaired) electrons. The summed E-state index contributed by atoms with van der Waals surface area (Å²) in [5, 5.41) is 13.9. The normalized spacial score (nSPS) is 26.2. The number of halogens is 1. The van der Waals surface area contributed by atoms with E-state index in [0.29, 0.717) is 25.8 Å². The van der Waals surface area contributed by atoms with E-state index in [2.05, 4.69) is 11.4 Å². The second kappa shape index (κ2) is 5.10. The Hall–Kier alpha value is -0.130. The molecular formula is C13H18ClNO2S. The van der Waals surface area contributed by atoms with Crippen molar-refractivity contribution in [1.82, 2.24) is 5.32 Å². The van der Waals surface area contributed by atoms with Crippen LogP contribution in [0.1, 0.15) is 35.7 Å². The third-order valence-corrected chi connectivity index (χ3v) is 5.29. The number of ether oxygens (including phenoxy) is 1. The van der Waals surface area contributed by atoms with Crippen LogP contribution in [-0.2, 0) is 11.2 Å². The van der Waals surface area contributed by atoms with E-state index in [-0.39, 0.29) is 0 Å². The summed E-state index contributed by atoms with van der Waals surface area (Å²) in [7, 11) is 0. The van der Waals surface area contributed by atoms with Crippen LogP contribution >= 0.6 is 22.9 Å². The molecule has 1 unspecified atom stereocenters. The molecule has 0 saturated carbocycles. The molecule has 0 bridgehead atoms. The molecule has 1 fully saturated rings. The van der Waals surface area contributed by atoms with Gasteiger partial charge in [-0.3, -0.25) is 0 Å². The molecule has 1 aliphatic carbocycles. The minimum Gasteiger partial charge on any atom is -0.388 e. The van der Waals surface area contributed by atoms with Crippen molar-refractivity contribution >= 4 is 22.9 Å². The first-order valence-electron chi connectivity index (χ1n) is 6.48. The van der Waals surface area contributed by atoms with Gasteiger partial charge in [0.25, 0.3) is 0 Å². The van der Waals surface area contributed by atoms with E-state index in [4.69, 9.17) is 16.3 Å². The first-order valence-corrected chi connectivity index (χ1v) is 7.67. The lowest BCUT2D eigenvalue weighted by Crippen LogP contribution is -2.45. The number of rotatable bonds is 3. The molecule has 100 valence electrons. The summed E-state index contributed by atoms with van der Waals surface area (Å²) in [6, 6.07) is 2.43. The molecule has 3 rings (SSSR count). The number of hydrogen-bond donors (Lipinski definition) is 2. The van der Waals surface area contributed by atoms with Crippen molar-refractivity contribution in [3.8, 4) is 0 Å². The van der Waals surface area contributed by atoms with Crippen LogP contribution in [0.4, 0.5) is 0 Å². The van der Waals surface area contributed by atoms with Gasteiger partial charge < -0.3 is 15.2 Å². The van der Waals surface area contributed by atoms with Crippen molar-refractivity contribution < 1.29 is 9.84 Å². The maximum Gasteiger partial charge on any atom is 0.0934 e. The predicted octanol–water partition coefficient (Wildman–Crippen LogP) is 2.52. The second-order valence-electron chi connectivity index (χ2n) is 5.24. The van der Waals surface area contributed by atoms with Gasteiger partial charge in [0.05, 0.1) is 9.94 Å². The molecule has 18 heavy (non-hydrogen) atoms. The monoisotopic (exact) mass is 287 g/mol. The van der Waals surface area contributed by atoms with Gasteiger partial charge in [-0.1, -0.05) is 11.6 Å². The quantitative estimate of drug-likeness (QED) is 0.898. The highest BCUT2D eigenvalue weighted by Crippen LogP contribution is 2.39. The van der Waals surface area contributed by atoms with Crippen LogP contribution in [-0.4, -0.2) is 30.5 Å². The van der Waals surface area contributed by atoms with Crippen LogP contribution in [0.2, 0.25) is 4.34 Å². The molecule has 1 aromatic heterocycles. The van der Waals surface area contributed by atoms with Crippen LogP contribution in [0.5, 0.6) is 0 Å². The number of aryl methyl sites for hydroxylation is 1. The predicted molar refractivity (Wildman–Crippen MR) is 73.4 cm³/mol. The fourth-order valence-electron chi connectivity index (χ4n) is 2.78. The molecule has 2 N–H and O–H groups in total. The van der Waals surface area contributed by atoms with E-state index in [9.17, 15) is 5.11 Å². The Bertz CT molecular complexity index is 429. The fourth-order valence-corrected chi connectivity index (χ4v) is 4.14. The molecule has 0 spiro atoms. The standard InChI is InChI=1S/C13H18ClNO2S/c14-12-7-9-10(1-2-11(9)18-12)15-8-13(16)3-5-17-6-4-13/h7,10,15-16H,1-6,8H2. The van der Waals surface area contributed by atoms with Crippen molar-refractivity contribution in [1.29, 1.82) is 0 Å². The molecule has 5 heteroatoms. The highest BCUT2D eigenvalue weighted by molar-refractivity contribution is 7.16. The summed E-state index contributed by atoms with van der Waals surface area (Å²) in [4.78, 5) is 1.40. The largest absolute Gasteiger partial charge is 0.388 e. The maximum atomic E-state index is 10.4. The average molecular weight is 288 g/mol. The molecule has 3 nitrogen and oxygen atoms in total. The molecule has 0 amide bonds. The van der Waals surface area contributed by atoms with Crippen molar-refractivity contribution in [2.45, 2.75) is 37.3 Å². The lowest BCUT2D eigenvalue weighted by atomic mass is 9.94. The number of thiophene rings is 1. The van der Waals surface area contributed by atoms with Gasteiger partial charge in [-0.25, -0.2) is 0 Å². The third kappa shape index (κ3) is 2.58. The zero-order valence-electron chi connectivity index (χ0n) is 10.2. The zero-order valence-corrected chi connectivity index (χ0v) is 11.8. The van der Waals surface area contributed by atoms with Crippen LogP contribution < -0.4 is 5.32 Å². The van der Waals surface area contributed by atoms with Gasteiger partial charge in [0.1, 0.15) is 0 Å². The minimum absolute atomic E-state index is 0.357. The van der Waals surface area contributed by atoms with E-state index < -0.39 is 5.60 Å². The first-order chi connectivity index (χ1) is 8.66. The van der Waals surface area contributed by atoms with Crippen LogP contribution in [0, 0.1) is 0 Å². The SMILES string of the molecule is OC1(CNC2CCc3sc(Cl)cc32)CCOCC1. The van der Waals surface area contributed by atoms with Gasteiger partial charge in [0, 0.05) is 43.5 Å². The number of nitrogens with one attached hydrogen (secondary N) is 1. The van der Waals surface area contributed by atoms with E-state index in [0.717, 1.165) is 30.0 Å². The van der Waals surface area contributed by atoms with Crippen molar-refractivity contribution in [3.63, 3.8) is 0 Å². The van der Waals surface area contributed by atoms with E-state index in [1.165, 1.54) is 10.4 Å². The molecule has 0 aromatic carbocycles. The third-order valence-electron chi connectivity index (χ3n) is 3.95. The Labute approximate surface area is 116 Å². The smallest absolute Gasteiger partial charge is 0.0934 e. The zero-order chi connectivity index (χ0) is 12.6. The fraction of sp³-hybridized carbons (Fsp3) is 0.692. The Kier molecular flexibility index (Phi) is 3.65. The van der Waals surface area contributed by atoms with E-state index >= 15 is 0 Å². The average Bonchev–Trinajstić information content (AvgIpc) is 2.87. The molecule has 2 aliphatic rings. The summed E-state index contributed by atoms with van der Waals surface area (Å²) >= 11 is 7.73. The van der Waals surface area contributed by atoms with Gasteiger partial charge in [-0.15, -0.1) is 11.3 Å². The van der Waals surface area contributed by atoms with Crippen molar-refractivity contribution in [2.75, 3.05) is 19.8 Å². The lowest BCUT2D eigenvalue weighted by Gasteiger charge is -2.33. The minimum atomic E-state index is -0.596. The van der Waals surface area contributed by atoms with Crippen LogP contribution in [0.15, 0.2) is 6.07 Å². The summed E-state index contributed by atoms with van der Waals surface area (Å²) in [6.45, 7) is 1.98. The van der Waals surface area contributed by atoms with Crippen LogP contribution in [0.3, 0.4) is 0 Å². The topological polar surface area (TPSA) is 41.5 Å². The first kappa shape index (κ1) is 12.9. The molecule has 1 aromatic rings. The number of aliphatic hydroxyl groups is 1. The van der Waals surface area contributed by atoms with Gasteiger partial charge in [-0.2, -0.15) is 0 Å². The summed E-state index contributed by atoms with van der Waals surface area (Å²) in [5.41, 5.74) is 0.738. The maximum absolute atomic E-state index is 10.4. The second-order valence-corrected chi connectivity index (χ2v) is 7.01. The molecule has 1 saturated heterocycles. The Morgan fingerprint density at radius 2 is 2.28 bits per heavy atom. The highest BCUT2D eigenvalue weighted by Gasteiger charge is 2.32.